The number of carboxylic acid groups (broad SMARTS) is 1. The van der Waals surface area contributed by atoms with Crippen molar-refractivity contribution >= 4 is 17.8 Å². The number of hydrogen-bond donors (Lipinski definition) is 3. The summed E-state index contributed by atoms with van der Waals surface area (Å²) in [7, 11) is 0. The molecule has 45 heavy (non-hydrogen) atoms. The van der Waals surface area contributed by atoms with E-state index in [2.05, 4.69) is 31.3 Å². The third-order valence-corrected chi connectivity index (χ3v) is 8.58. The number of carboxylic acids is 1. The summed E-state index contributed by atoms with van der Waals surface area (Å²) in [5.74, 6) is -1.24. The highest BCUT2D eigenvalue weighted by molar-refractivity contribution is 5.83. The lowest BCUT2D eigenvalue weighted by atomic mass is 10.0. The van der Waals surface area contributed by atoms with Gasteiger partial charge < -0.3 is 20.9 Å². The van der Waals surface area contributed by atoms with E-state index < -0.39 is 12.0 Å². The molecule has 7 heteroatoms. The Morgan fingerprint density at radius 1 is 0.622 bits per heavy atom. The Hall–Kier alpha value is -1.89. The summed E-state index contributed by atoms with van der Waals surface area (Å²) in [4.78, 5) is 36.1. The molecule has 264 valence electrons. The highest BCUT2D eigenvalue weighted by atomic mass is 16.5. The first kappa shape index (κ1) is 43.1. The van der Waals surface area contributed by atoms with Gasteiger partial charge in [-0.1, -0.05) is 116 Å². The quantitative estimate of drug-likeness (QED) is 0.0367. The topological polar surface area (TPSA) is 119 Å². The van der Waals surface area contributed by atoms with E-state index in [1.165, 1.54) is 89.9 Å². The van der Waals surface area contributed by atoms with E-state index in [1.54, 1.807) is 0 Å². The van der Waals surface area contributed by atoms with Crippen LogP contribution in [-0.4, -0.2) is 41.6 Å². The fourth-order valence-electron chi connectivity index (χ4n) is 5.68. The first-order chi connectivity index (χ1) is 21.9. The first-order valence-corrected chi connectivity index (χ1v) is 19.0. The molecule has 0 saturated carbocycles. The molecule has 7 nitrogen and oxygen atoms in total. The van der Waals surface area contributed by atoms with E-state index in [9.17, 15) is 19.5 Å². The van der Waals surface area contributed by atoms with Gasteiger partial charge in [0.15, 0.2) is 0 Å². The molecule has 0 aliphatic heterocycles. The number of carbonyl (C=O) groups is 3. The molecule has 0 radical (unpaired) electrons. The van der Waals surface area contributed by atoms with Crippen LogP contribution in [-0.2, 0) is 19.1 Å². The molecule has 0 heterocycles. The molecule has 4 N–H and O–H groups in total. The average molecular weight is 637 g/mol. The van der Waals surface area contributed by atoms with E-state index in [0.717, 1.165) is 64.2 Å². The van der Waals surface area contributed by atoms with Crippen LogP contribution in [0.3, 0.4) is 0 Å². The molecule has 2 unspecified atom stereocenters. The predicted molar refractivity (Wildman–Crippen MR) is 188 cm³/mol. The standard InChI is InChI=1S/C38H72N2O5/c1-3-5-7-9-11-12-13-14-15-16-17-22-26-32-37(42)45-34(28-23-19-10-8-6-4-2)29-24-20-18-21-25-31-36(41)40-35(38(43)44)30-27-33-39/h12-13,34-35H,3-11,14-33,39H2,1-2H3,(H,40,41)(H,43,44)/b13-12-. The molecule has 0 aromatic heterocycles. The van der Waals surface area contributed by atoms with Crippen molar-refractivity contribution in [2.24, 2.45) is 5.73 Å². The number of hydrogen-bond acceptors (Lipinski definition) is 5. The highest BCUT2D eigenvalue weighted by Gasteiger charge is 2.19. The Labute approximate surface area is 277 Å². The summed E-state index contributed by atoms with van der Waals surface area (Å²) in [6.45, 7) is 4.90. The zero-order chi connectivity index (χ0) is 33.2. The zero-order valence-corrected chi connectivity index (χ0v) is 29.5. The van der Waals surface area contributed by atoms with Crippen LogP contribution >= 0.6 is 0 Å². The number of rotatable bonds is 34. The van der Waals surface area contributed by atoms with Crippen molar-refractivity contribution in [3.05, 3.63) is 12.2 Å². The van der Waals surface area contributed by atoms with Crippen molar-refractivity contribution in [2.75, 3.05) is 6.54 Å². The maximum atomic E-state index is 12.6. The second kappa shape index (κ2) is 33.5. The summed E-state index contributed by atoms with van der Waals surface area (Å²) >= 11 is 0. The van der Waals surface area contributed by atoms with Crippen molar-refractivity contribution in [2.45, 2.75) is 206 Å². The van der Waals surface area contributed by atoms with Gasteiger partial charge in [-0.25, -0.2) is 4.79 Å². The van der Waals surface area contributed by atoms with E-state index in [0.29, 0.717) is 32.2 Å². The monoisotopic (exact) mass is 637 g/mol. The molecule has 0 rings (SSSR count). The molecule has 0 aromatic rings. The minimum absolute atomic E-state index is 0.0182. The van der Waals surface area contributed by atoms with Crippen LogP contribution in [0.1, 0.15) is 194 Å². The van der Waals surface area contributed by atoms with Crippen LogP contribution in [0.5, 0.6) is 0 Å². The molecular formula is C38H72N2O5. The first-order valence-electron chi connectivity index (χ1n) is 19.0. The summed E-state index contributed by atoms with van der Waals surface area (Å²) in [6.07, 6.45) is 34.0. The van der Waals surface area contributed by atoms with Crippen LogP contribution < -0.4 is 11.1 Å². The van der Waals surface area contributed by atoms with Gasteiger partial charge >= 0.3 is 11.9 Å². The van der Waals surface area contributed by atoms with Gasteiger partial charge in [-0.15, -0.1) is 0 Å². The molecule has 0 fully saturated rings. The number of carbonyl (C=O) groups excluding carboxylic acids is 2. The van der Waals surface area contributed by atoms with Crippen molar-refractivity contribution in [1.29, 1.82) is 0 Å². The summed E-state index contributed by atoms with van der Waals surface area (Å²) in [5, 5.41) is 11.9. The fourth-order valence-corrected chi connectivity index (χ4v) is 5.68. The normalized spacial score (nSPS) is 12.8. The second-order valence-electron chi connectivity index (χ2n) is 13.0. The number of aliphatic carboxylic acids is 1. The van der Waals surface area contributed by atoms with Gasteiger partial charge in [-0.2, -0.15) is 0 Å². The number of allylic oxidation sites excluding steroid dienone is 2. The minimum atomic E-state index is -1.00. The van der Waals surface area contributed by atoms with Crippen molar-refractivity contribution < 1.29 is 24.2 Å². The number of nitrogens with two attached hydrogens (primary N) is 1. The van der Waals surface area contributed by atoms with Gasteiger partial charge in [0.2, 0.25) is 5.91 Å². The Balaban J connectivity index is 4.18. The Bertz CT molecular complexity index is 727. The summed E-state index contributed by atoms with van der Waals surface area (Å²) in [6, 6.07) is -0.852. The average Bonchev–Trinajstić information content (AvgIpc) is 3.02. The second-order valence-corrected chi connectivity index (χ2v) is 13.0. The predicted octanol–water partition coefficient (Wildman–Crippen LogP) is 9.95. The number of ether oxygens (including phenoxy) is 1. The molecule has 0 aliphatic carbocycles. The summed E-state index contributed by atoms with van der Waals surface area (Å²) in [5.41, 5.74) is 5.46. The molecule has 2 atom stereocenters. The number of amides is 1. The molecule has 0 spiro atoms. The maximum Gasteiger partial charge on any atom is 0.326 e. The molecule has 1 amide bonds. The van der Waals surface area contributed by atoms with Crippen LogP contribution in [0, 0.1) is 0 Å². The smallest absolute Gasteiger partial charge is 0.326 e. The van der Waals surface area contributed by atoms with Crippen molar-refractivity contribution in [3.63, 3.8) is 0 Å². The van der Waals surface area contributed by atoms with Gasteiger partial charge in [-0.05, 0) is 83.6 Å². The van der Waals surface area contributed by atoms with Crippen molar-refractivity contribution in [3.8, 4) is 0 Å². The van der Waals surface area contributed by atoms with Gasteiger partial charge in [0.05, 0.1) is 0 Å². The molecule has 0 bridgehead atoms. The molecule has 0 saturated heterocycles. The lowest BCUT2D eigenvalue weighted by Gasteiger charge is -2.18. The lowest BCUT2D eigenvalue weighted by molar-refractivity contribution is -0.150. The van der Waals surface area contributed by atoms with Crippen LogP contribution in [0.25, 0.3) is 0 Å². The third kappa shape index (κ3) is 30.5. The third-order valence-electron chi connectivity index (χ3n) is 8.58. The van der Waals surface area contributed by atoms with Crippen molar-refractivity contribution in [1.82, 2.24) is 5.32 Å². The lowest BCUT2D eigenvalue weighted by Crippen LogP contribution is -2.40. The van der Waals surface area contributed by atoms with Crippen LogP contribution in [0.2, 0.25) is 0 Å². The SMILES string of the molecule is CCCCCC/C=C\CCCCCCCC(=O)OC(CCCCCCCC)CCCCCCCC(=O)NC(CCCN)C(=O)O. The summed E-state index contributed by atoms with van der Waals surface area (Å²) < 4.78 is 5.97. The Morgan fingerprint density at radius 3 is 1.62 bits per heavy atom. The minimum Gasteiger partial charge on any atom is -0.480 e. The molecule has 0 aromatic carbocycles. The van der Waals surface area contributed by atoms with E-state index >= 15 is 0 Å². The highest BCUT2D eigenvalue weighted by Crippen LogP contribution is 2.18. The Kier molecular flexibility index (Phi) is 32.1. The fraction of sp³-hybridized carbons (Fsp3) is 0.868. The van der Waals surface area contributed by atoms with Crippen LogP contribution in [0.4, 0.5) is 0 Å². The zero-order valence-electron chi connectivity index (χ0n) is 29.5. The van der Waals surface area contributed by atoms with Gasteiger partial charge in [0.25, 0.3) is 0 Å². The largest absolute Gasteiger partial charge is 0.480 e. The van der Waals surface area contributed by atoms with E-state index in [4.69, 9.17) is 10.5 Å². The molecular weight excluding hydrogens is 564 g/mol. The number of esters is 1. The Morgan fingerprint density at radius 2 is 1.09 bits per heavy atom. The van der Waals surface area contributed by atoms with Gasteiger partial charge in [-0.3, -0.25) is 9.59 Å². The van der Waals surface area contributed by atoms with Crippen LogP contribution in [0.15, 0.2) is 12.2 Å². The van der Waals surface area contributed by atoms with E-state index in [1.807, 2.05) is 0 Å². The van der Waals surface area contributed by atoms with Gasteiger partial charge in [0.1, 0.15) is 12.1 Å². The van der Waals surface area contributed by atoms with Gasteiger partial charge in [0, 0.05) is 12.8 Å². The maximum absolute atomic E-state index is 12.6. The molecule has 0 aliphatic rings. The number of nitrogens with one attached hydrogen (secondary N) is 1. The number of unbranched alkanes of at least 4 members (excludes halogenated alkanes) is 18. The van der Waals surface area contributed by atoms with E-state index in [-0.39, 0.29) is 18.0 Å².